The number of carbonyl (C=O) groups is 2. The second-order valence-corrected chi connectivity index (χ2v) is 9.14. The zero-order valence-electron chi connectivity index (χ0n) is 16.3. The quantitative estimate of drug-likeness (QED) is 0.555. The summed E-state index contributed by atoms with van der Waals surface area (Å²) in [5, 5.41) is 12.9. The number of hydrogen-bond donors (Lipinski definition) is 2. The van der Waals surface area contributed by atoms with E-state index in [1.54, 1.807) is 24.3 Å². The molecule has 2 N–H and O–H groups in total. The largest absolute Gasteiger partial charge is 0.416 e. The highest BCUT2D eigenvalue weighted by Crippen LogP contribution is 2.32. The van der Waals surface area contributed by atoms with Gasteiger partial charge in [-0.25, -0.2) is 8.42 Å². The SMILES string of the molecule is N#CCNC(=O)C(CS(=O)(=O)Cc1cc(C(F)(F)F)ccc1Cl)NC(=O)c1ccccc1. The predicted octanol–water partition coefficient (Wildman–Crippen LogP) is 2.71. The first kappa shape index (κ1) is 25.2. The van der Waals surface area contributed by atoms with Gasteiger partial charge in [-0.2, -0.15) is 18.4 Å². The summed E-state index contributed by atoms with van der Waals surface area (Å²) in [6.45, 7) is -0.434. The maximum atomic E-state index is 13.0. The number of alkyl halides is 3. The molecule has 0 saturated heterocycles. The summed E-state index contributed by atoms with van der Waals surface area (Å²) in [6.07, 6.45) is -4.70. The Bertz CT molecular complexity index is 1130. The topological polar surface area (TPSA) is 116 Å². The average molecular weight is 488 g/mol. The van der Waals surface area contributed by atoms with Gasteiger partial charge in [-0.1, -0.05) is 29.8 Å². The van der Waals surface area contributed by atoms with Gasteiger partial charge in [0.2, 0.25) is 5.91 Å². The van der Waals surface area contributed by atoms with Crippen molar-refractivity contribution in [2.24, 2.45) is 0 Å². The molecule has 0 radical (unpaired) electrons. The van der Waals surface area contributed by atoms with Crippen LogP contribution in [0.25, 0.3) is 0 Å². The van der Waals surface area contributed by atoms with Gasteiger partial charge in [-0.3, -0.25) is 9.59 Å². The average Bonchev–Trinajstić information content (AvgIpc) is 2.72. The maximum absolute atomic E-state index is 13.0. The van der Waals surface area contributed by atoms with E-state index in [1.807, 2.05) is 0 Å². The van der Waals surface area contributed by atoms with Crippen LogP contribution in [0.2, 0.25) is 5.02 Å². The fraction of sp³-hybridized carbons (Fsp3) is 0.250. The second kappa shape index (κ2) is 10.5. The van der Waals surface area contributed by atoms with Crippen molar-refractivity contribution in [1.82, 2.24) is 10.6 Å². The molecular weight excluding hydrogens is 471 g/mol. The summed E-state index contributed by atoms with van der Waals surface area (Å²) in [7, 11) is -4.23. The number of carbonyl (C=O) groups excluding carboxylic acids is 2. The van der Waals surface area contributed by atoms with Crippen LogP contribution in [0.3, 0.4) is 0 Å². The van der Waals surface area contributed by atoms with Crippen LogP contribution in [-0.4, -0.2) is 38.6 Å². The molecule has 0 saturated carbocycles. The lowest BCUT2D eigenvalue weighted by molar-refractivity contribution is -0.137. The van der Waals surface area contributed by atoms with Gasteiger partial charge in [0.05, 0.1) is 23.1 Å². The van der Waals surface area contributed by atoms with Crippen LogP contribution in [0, 0.1) is 11.3 Å². The van der Waals surface area contributed by atoms with Gasteiger partial charge in [0.1, 0.15) is 12.6 Å². The summed E-state index contributed by atoms with van der Waals surface area (Å²) < 4.78 is 64.2. The third-order valence-corrected chi connectivity index (χ3v) is 6.13. The Morgan fingerprint density at radius 3 is 2.38 bits per heavy atom. The Labute approximate surface area is 187 Å². The molecule has 0 aromatic heterocycles. The van der Waals surface area contributed by atoms with E-state index in [4.69, 9.17) is 16.9 Å². The van der Waals surface area contributed by atoms with E-state index >= 15 is 0 Å². The zero-order valence-corrected chi connectivity index (χ0v) is 17.9. The minimum absolute atomic E-state index is 0.156. The Balaban J connectivity index is 2.26. The highest BCUT2D eigenvalue weighted by Gasteiger charge is 2.32. The van der Waals surface area contributed by atoms with E-state index in [-0.39, 0.29) is 16.1 Å². The number of amides is 2. The van der Waals surface area contributed by atoms with Crippen LogP contribution < -0.4 is 10.6 Å². The van der Waals surface area contributed by atoms with Crippen LogP contribution in [0.15, 0.2) is 48.5 Å². The van der Waals surface area contributed by atoms with Gasteiger partial charge in [0, 0.05) is 10.6 Å². The molecular formula is C20H17ClF3N3O4S. The van der Waals surface area contributed by atoms with Crippen molar-refractivity contribution < 1.29 is 31.2 Å². The highest BCUT2D eigenvalue weighted by atomic mass is 35.5. The molecule has 0 fully saturated rings. The fourth-order valence-electron chi connectivity index (χ4n) is 2.68. The highest BCUT2D eigenvalue weighted by molar-refractivity contribution is 7.90. The van der Waals surface area contributed by atoms with E-state index in [9.17, 15) is 31.2 Å². The first-order valence-electron chi connectivity index (χ1n) is 8.99. The van der Waals surface area contributed by atoms with Gasteiger partial charge >= 0.3 is 6.18 Å². The molecule has 2 aromatic rings. The standard InChI is InChI=1S/C20H17ClF3N3O4S/c21-16-7-6-15(20(22,23)24)10-14(16)11-32(30,31)12-17(19(29)26-9-8-25)27-18(28)13-4-2-1-3-5-13/h1-7,10,17H,9,11-12H2,(H,26,29)(H,27,28). The third-order valence-electron chi connectivity index (χ3n) is 4.17. The summed E-state index contributed by atoms with van der Waals surface area (Å²) in [4.78, 5) is 24.7. The van der Waals surface area contributed by atoms with E-state index in [0.717, 1.165) is 12.1 Å². The van der Waals surface area contributed by atoms with Crippen molar-refractivity contribution in [1.29, 1.82) is 5.26 Å². The predicted molar refractivity (Wildman–Crippen MR) is 110 cm³/mol. The van der Waals surface area contributed by atoms with E-state index < -0.39 is 57.5 Å². The van der Waals surface area contributed by atoms with Crippen LogP contribution in [0.1, 0.15) is 21.5 Å². The van der Waals surface area contributed by atoms with Crippen molar-refractivity contribution in [3.63, 3.8) is 0 Å². The molecule has 1 atom stereocenters. The number of benzene rings is 2. The molecule has 2 amide bonds. The number of rotatable bonds is 8. The summed E-state index contributed by atoms with van der Waals surface area (Å²) in [5.74, 6) is -3.49. The third kappa shape index (κ3) is 7.25. The first-order valence-corrected chi connectivity index (χ1v) is 11.2. The lowest BCUT2D eigenvalue weighted by Crippen LogP contribution is -2.50. The molecule has 32 heavy (non-hydrogen) atoms. The van der Waals surface area contributed by atoms with Gasteiger partial charge < -0.3 is 10.6 Å². The first-order chi connectivity index (χ1) is 14.9. The molecule has 0 aliphatic carbocycles. The molecule has 0 spiro atoms. The zero-order chi connectivity index (χ0) is 23.9. The van der Waals surface area contributed by atoms with Gasteiger partial charge in [0.15, 0.2) is 9.84 Å². The van der Waals surface area contributed by atoms with Crippen LogP contribution in [0.4, 0.5) is 13.2 Å². The minimum atomic E-state index is -4.70. The van der Waals surface area contributed by atoms with Crippen molar-refractivity contribution in [3.05, 3.63) is 70.2 Å². The number of nitriles is 1. The van der Waals surface area contributed by atoms with Crippen LogP contribution in [0.5, 0.6) is 0 Å². The molecule has 7 nitrogen and oxygen atoms in total. The second-order valence-electron chi connectivity index (χ2n) is 6.63. The van der Waals surface area contributed by atoms with E-state index in [0.29, 0.717) is 6.07 Å². The Morgan fingerprint density at radius 2 is 1.78 bits per heavy atom. The van der Waals surface area contributed by atoms with Crippen molar-refractivity contribution in [2.45, 2.75) is 18.0 Å². The fourth-order valence-corrected chi connectivity index (χ4v) is 4.51. The molecule has 0 heterocycles. The maximum Gasteiger partial charge on any atom is 0.416 e. The summed E-state index contributed by atoms with van der Waals surface area (Å²) in [5.41, 5.74) is -1.22. The molecule has 170 valence electrons. The molecule has 0 aliphatic rings. The van der Waals surface area contributed by atoms with Gasteiger partial charge in [0.25, 0.3) is 5.91 Å². The number of nitrogens with one attached hydrogen (secondary N) is 2. The number of sulfone groups is 1. The van der Waals surface area contributed by atoms with Crippen molar-refractivity contribution >= 4 is 33.3 Å². The molecule has 1 unspecified atom stereocenters. The molecule has 2 rings (SSSR count). The Kier molecular flexibility index (Phi) is 8.24. The van der Waals surface area contributed by atoms with Gasteiger partial charge in [-0.05, 0) is 35.9 Å². The van der Waals surface area contributed by atoms with E-state index in [1.165, 1.54) is 12.1 Å². The normalized spacial score (nSPS) is 12.5. The molecule has 0 aliphatic heterocycles. The minimum Gasteiger partial charge on any atom is -0.341 e. The smallest absolute Gasteiger partial charge is 0.341 e. The Hall–Kier alpha value is -3.10. The lowest BCUT2D eigenvalue weighted by atomic mass is 10.1. The molecule has 12 heteroatoms. The Morgan fingerprint density at radius 1 is 1.12 bits per heavy atom. The molecule has 0 bridgehead atoms. The lowest BCUT2D eigenvalue weighted by Gasteiger charge is -2.18. The van der Waals surface area contributed by atoms with Crippen molar-refractivity contribution in [3.8, 4) is 6.07 Å². The molecule has 2 aromatic carbocycles. The van der Waals surface area contributed by atoms with Crippen LogP contribution in [-0.2, 0) is 26.6 Å². The monoisotopic (exact) mass is 487 g/mol. The van der Waals surface area contributed by atoms with Crippen molar-refractivity contribution in [2.75, 3.05) is 12.3 Å². The summed E-state index contributed by atoms with van der Waals surface area (Å²) >= 11 is 5.87. The number of nitrogens with zero attached hydrogens (tertiary/aromatic N) is 1. The van der Waals surface area contributed by atoms with Gasteiger partial charge in [-0.15, -0.1) is 0 Å². The number of halogens is 4. The van der Waals surface area contributed by atoms with E-state index in [2.05, 4.69) is 10.6 Å². The van der Waals surface area contributed by atoms with Crippen LogP contribution >= 0.6 is 11.6 Å². The summed E-state index contributed by atoms with van der Waals surface area (Å²) in [6, 6.07) is 9.99. The number of hydrogen-bond acceptors (Lipinski definition) is 5.